The van der Waals surface area contributed by atoms with Gasteiger partial charge < -0.3 is 11.1 Å². The number of hydrogen-bond acceptors (Lipinski definition) is 3. The van der Waals surface area contributed by atoms with Gasteiger partial charge in [0.25, 0.3) is 0 Å². The van der Waals surface area contributed by atoms with Crippen molar-refractivity contribution in [2.45, 2.75) is 11.7 Å². The summed E-state index contributed by atoms with van der Waals surface area (Å²) in [6, 6.07) is 2.30. The predicted molar refractivity (Wildman–Crippen MR) is 84.6 cm³/mol. The quantitative estimate of drug-likeness (QED) is 0.317. The van der Waals surface area contributed by atoms with Gasteiger partial charge in [-0.1, -0.05) is 23.2 Å². The zero-order valence-electron chi connectivity index (χ0n) is 12.0. The maximum atomic E-state index is 12.7. The van der Waals surface area contributed by atoms with Crippen LogP contribution in [0.2, 0.25) is 10.0 Å². The van der Waals surface area contributed by atoms with Gasteiger partial charge in [-0.3, -0.25) is 0 Å². The van der Waals surface area contributed by atoms with E-state index in [9.17, 15) is 30.6 Å². The van der Waals surface area contributed by atoms with E-state index in [4.69, 9.17) is 34.2 Å². The zero-order chi connectivity index (χ0) is 20.3. The molecule has 142 valence electrons. The molecule has 5 nitrogen and oxygen atoms in total. The van der Waals surface area contributed by atoms with Gasteiger partial charge in [0.15, 0.2) is 0 Å². The first-order chi connectivity index (χ1) is 11.8. The van der Waals surface area contributed by atoms with Gasteiger partial charge in [-0.25, -0.2) is 4.21 Å². The maximum absolute atomic E-state index is 12.7. The number of benzene rings is 1. The molecule has 0 saturated heterocycles. The minimum Gasteiger partial charge on any atom is -0.390 e. The number of anilines is 1. The van der Waals surface area contributed by atoms with Crippen LogP contribution in [-0.4, -0.2) is 15.6 Å². The van der Waals surface area contributed by atoms with Crippen molar-refractivity contribution in [3.05, 3.63) is 39.5 Å². The number of nitriles is 1. The first-order valence-electron chi connectivity index (χ1n) is 6.03. The van der Waals surface area contributed by atoms with Crippen LogP contribution in [0.25, 0.3) is 0 Å². The molecule has 1 aromatic carbocycles. The minimum atomic E-state index is -5.23. The molecule has 0 saturated carbocycles. The van der Waals surface area contributed by atoms with Crippen molar-refractivity contribution in [1.29, 1.82) is 5.26 Å². The Morgan fingerprint density at radius 3 is 2.12 bits per heavy atom. The minimum absolute atomic E-state index is 0.457. The fourth-order valence-corrected chi connectivity index (χ4v) is 2.35. The van der Waals surface area contributed by atoms with E-state index in [1.165, 1.54) is 6.07 Å². The Labute approximate surface area is 154 Å². The molecular weight excluding hydrogens is 433 g/mol. The molecule has 0 aliphatic rings. The second kappa shape index (κ2) is 8.15. The Kier molecular flexibility index (Phi) is 6.92. The summed E-state index contributed by atoms with van der Waals surface area (Å²) < 4.78 is 89.0. The normalized spacial score (nSPS) is 14.7. The molecule has 26 heavy (non-hydrogen) atoms. The summed E-state index contributed by atoms with van der Waals surface area (Å²) in [4.78, 5) is 0. The number of alkyl halides is 6. The number of nitrogens with two attached hydrogens (primary N) is 1. The van der Waals surface area contributed by atoms with Crippen LogP contribution in [0.1, 0.15) is 5.56 Å². The monoisotopic (exact) mass is 438 g/mol. The average molecular weight is 439 g/mol. The molecule has 1 unspecified atom stereocenters. The van der Waals surface area contributed by atoms with Crippen molar-refractivity contribution >= 4 is 45.7 Å². The molecule has 0 aliphatic heterocycles. The molecule has 0 spiro atoms. The second-order valence-electron chi connectivity index (χ2n) is 4.32. The topological polar surface area (TPSA) is 91.3 Å². The highest BCUT2D eigenvalue weighted by Gasteiger charge is 2.38. The summed E-state index contributed by atoms with van der Waals surface area (Å²) >= 11 is 11.3. The highest BCUT2D eigenvalue weighted by atomic mass is 35.5. The highest BCUT2D eigenvalue weighted by Crippen LogP contribution is 2.38. The smallest absolute Gasteiger partial charge is 0.390 e. The van der Waals surface area contributed by atoms with Gasteiger partial charge in [0.2, 0.25) is 11.0 Å². The summed E-state index contributed by atoms with van der Waals surface area (Å²) in [5.74, 6) is -0.858. The fraction of sp³-hybridized carbons (Fsp3) is 0.167. The average Bonchev–Trinajstić information content (AvgIpc) is 2.48. The Hall–Kier alpha value is -1.97. The van der Waals surface area contributed by atoms with Crippen LogP contribution in [0, 0.1) is 11.3 Å². The van der Waals surface area contributed by atoms with Crippen LogP contribution in [0.4, 0.5) is 32.0 Å². The van der Waals surface area contributed by atoms with Crippen LogP contribution in [0.5, 0.6) is 0 Å². The number of nitrogens with one attached hydrogen (secondary N) is 1. The molecule has 0 bridgehead atoms. The van der Waals surface area contributed by atoms with Crippen molar-refractivity contribution in [3.8, 4) is 6.07 Å². The van der Waals surface area contributed by atoms with Crippen molar-refractivity contribution in [2.24, 2.45) is 10.1 Å². The lowest BCUT2D eigenvalue weighted by Gasteiger charge is -2.14. The number of amidine groups is 1. The Morgan fingerprint density at radius 2 is 1.73 bits per heavy atom. The first kappa shape index (κ1) is 22.1. The van der Waals surface area contributed by atoms with E-state index in [1.54, 1.807) is 0 Å². The van der Waals surface area contributed by atoms with Crippen molar-refractivity contribution in [1.82, 2.24) is 0 Å². The van der Waals surface area contributed by atoms with Gasteiger partial charge in [-0.2, -0.15) is 36.0 Å². The number of allylic oxidation sites excluding steroid dienone is 1. The lowest BCUT2D eigenvalue weighted by Crippen LogP contribution is -2.19. The van der Waals surface area contributed by atoms with E-state index in [0.29, 0.717) is 18.2 Å². The third-order valence-corrected chi connectivity index (χ3v) is 3.78. The molecule has 0 aliphatic carbocycles. The summed E-state index contributed by atoms with van der Waals surface area (Å²) in [5.41, 5.74) is -2.37. The Bertz CT molecular complexity index is 805. The highest BCUT2D eigenvalue weighted by molar-refractivity contribution is 7.84. The third kappa shape index (κ3) is 6.08. The van der Waals surface area contributed by atoms with E-state index >= 15 is 0 Å². The van der Waals surface area contributed by atoms with Crippen molar-refractivity contribution in [3.63, 3.8) is 0 Å². The van der Waals surface area contributed by atoms with Gasteiger partial charge >= 0.3 is 11.7 Å². The van der Waals surface area contributed by atoms with E-state index in [2.05, 4.69) is 9.71 Å². The summed E-state index contributed by atoms with van der Waals surface area (Å²) in [7, 11) is -3.74. The molecule has 1 rings (SSSR count). The van der Waals surface area contributed by atoms with E-state index in [1.807, 2.05) is 0 Å². The van der Waals surface area contributed by atoms with Crippen molar-refractivity contribution in [2.75, 3.05) is 5.32 Å². The van der Waals surface area contributed by atoms with Gasteiger partial charge in [0.05, 0.1) is 21.3 Å². The third-order valence-electron chi connectivity index (χ3n) is 2.42. The molecule has 0 radical (unpaired) electrons. The largest absolute Gasteiger partial charge is 0.492 e. The van der Waals surface area contributed by atoms with Crippen LogP contribution in [0.15, 0.2) is 28.3 Å². The van der Waals surface area contributed by atoms with Crippen LogP contribution in [-0.2, 0) is 17.2 Å². The van der Waals surface area contributed by atoms with E-state index in [0.717, 1.165) is 0 Å². The van der Waals surface area contributed by atoms with E-state index in [-0.39, 0.29) is 0 Å². The zero-order valence-corrected chi connectivity index (χ0v) is 14.4. The molecule has 0 amide bonds. The fourth-order valence-electron chi connectivity index (χ4n) is 1.39. The lowest BCUT2D eigenvalue weighted by molar-refractivity contribution is -0.137. The molecule has 0 fully saturated rings. The number of rotatable bonds is 3. The van der Waals surface area contributed by atoms with Gasteiger partial charge in [0.1, 0.15) is 17.6 Å². The standard InChI is InChI=1S/C12H6Cl2F6N4OS/c13-7-1-5(11(15,16)17)2-8(14)10(7)23-9(3-6(22)4-21)24-26(25)12(18,19)20/h1-3H,22H2,(H,23,24). The summed E-state index contributed by atoms with van der Waals surface area (Å²) in [5, 5.41) is 9.43. The number of nitrogens with zero attached hydrogens (tertiary/aromatic N) is 2. The molecule has 0 aromatic heterocycles. The molecule has 14 heteroatoms. The van der Waals surface area contributed by atoms with Crippen LogP contribution >= 0.6 is 23.2 Å². The SMILES string of the molecule is N#CC(N)=CC(=NS(=O)C(F)(F)F)Nc1c(Cl)cc(C(F)(F)F)cc1Cl. The molecule has 3 N–H and O–H groups in total. The van der Waals surface area contributed by atoms with Gasteiger partial charge in [-0.05, 0) is 12.1 Å². The van der Waals surface area contributed by atoms with Crippen LogP contribution in [0.3, 0.4) is 0 Å². The van der Waals surface area contributed by atoms with E-state index < -0.39 is 55.5 Å². The predicted octanol–water partition coefficient (Wildman–Crippen LogP) is 4.37. The molecular formula is C12H6Cl2F6N4OS. The molecule has 0 heterocycles. The molecule has 1 aromatic rings. The number of hydrogen-bond donors (Lipinski definition) is 2. The summed E-state index contributed by atoms with van der Waals surface area (Å²) in [6.07, 6.45) is -4.19. The Morgan fingerprint density at radius 1 is 1.23 bits per heavy atom. The first-order valence-corrected chi connectivity index (χ1v) is 7.90. The molecule has 1 atom stereocenters. The van der Waals surface area contributed by atoms with Crippen molar-refractivity contribution < 1.29 is 30.6 Å². The van der Waals surface area contributed by atoms with Gasteiger partial charge in [0, 0.05) is 6.08 Å². The summed E-state index contributed by atoms with van der Waals surface area (Å²) in [6.45, 7) is 0. The number of halogens is 8. The van der Waals surface area contributed by atoms with Gasteiger partial charge in [-0.15, -0.1) is 0 Å². The maximum Gasteiger partial charge on any atom is 0.492 e. The second-order valence-corrected chi connectivity index (χ2v) is 6.28. The lowest BCUT2D eigenvalue weighted by atomic mass is 10.2. The van der Waals surface area contributed by atoms with Crippen LogP contribution < -0.4 is 11.1 Å². The Balaban J connectivity index is 3.39.